The van der Waals surface area contributed by atoms with E-state index in [1.54, 1.807) is 0 Å². The minimum absolute atomic E-state index is 0.280. The summed E-state index contributed by atoms with van der Waals surface area (Å²) >= 11 is -1.76. The zero-order chi connectivity index (χ0) is 11.1. The second-order valence-corrected chi connectivity index (χ2v) is 22.0. The molecule has 1 aliphatic rings. The molecular weight excluding hydrogens is 276 g/mol. The second kappa shape index (κ2) is 3.76. The van der Waals surface area contributed by atoms with E-state index in [1.165, 1.54) is 0 Å². The van der Waals surface area contributed by atoms with Crippen molar-refractivity contribution in [1.82, 2.24) is 4.81 Å². The van der Waals surface area contributed by atoms with Crippen molar-refractivity contribution in [1.29, 1.82) is 0 Å². The maximum absolute atomic E-state index is 2.53. The summed E-state index contributed by atoms with van der Waals surface area (Å²) in [7, 11) is 0. The molecule has 1 atom stereocenters. The molecule has 1 unspecified atom stereocenters. The van der Waals surface area contributed by atoms with E-state index in [0.717, 1.165) is 3.83 Å². The van der Waals surface area contributed by atoms with Crippen molar-refractivity contribution in [3.05, 3.63) is 12.3 Å². The number of nitrogens with zero attached hydrogens (tertiary/aromatic N) is 1. The molecule has 3 heteroatoms. The van der Waals surface area contributed by atoms with E-state index in [9.17, 15) is 0 Å². The first kappa shape index (κ1) is 12.5. The van der Waals surface area contributed by atoms with E-state index in [1.807, 2.05) is 0 Å². The summed E-state index contributed by atoms with van der Waals surface area (Å²) < 4.78 is 0.878. The van der Waals surface area contributed by atoms with Crippen LogP contribution in [0.15, 0.2) is 12.3 Å². The van der Waals surface area contributed by atoms with Crippen molar-refractivity contribution in [2.45, 2.75) is 51.8 Å². The summed E-state index contributed by atoms with van der Waals surface area (Å²) in [5.74, 6) is 0. The molecule has 0 N–H and O–H groups in total. The number of hydrogen-bond acceptors (Lipinski definition) is 1. The van der Waals surface area contributed by atoms with Crippen LogP contribution in [0.1, 0.15) is 20.8 Å². The fourth-order valence-electron chi connectivity index (χ4n) is 2.50. The third-order valence-electron chi connectivity index (χ3n) is 3.19. The Morgan fingerprint density at radius 1 is 1.21 bits per heavy atom. The Morgan fingerprint density at radius 2 is 1.71 bits per heavy atom. The topological polar surface area (TPSA) is 3.24 Å². The van der Waals surface area contributed by atoms with Crippen LogP contribution in [-0.4, -0.2) is 35.6 Å². The summed E-state index contributed by atoms with van der Waals surface area (Å²) in [6.07, 6.45) is 4.80. The SMILES string of the molecule is CB1[CH]([Sn]([CH3])([CH3])[CH3])C=CN1C(C)(C)C. The normalized spacial score (nSPS) is 23.5. The van der Waals surface area contributed by atoms with Gasteiger partial charge in [0.25, 0.3) is 0 Å². The van der Waals surface area contributed by atoms with E-state index < -0.39 is 18.4 Å². The fraction of sp³-hybridized carbons (Fsp3) is 0.818. The second-order valence-electron chi connectivity index (χ2n) is 6.55. The van der Waals surface area contributed by atoms with Crippen molar-refractivity contribution < 1.29 is 0 Å². The van der Waals surface area contributed by atoms with Crippen molar-refractivity contribution in [3.63, 3.8) is 0 Å². The molecule has 0 amide bonds. The molecular formula is C11H24BNSn. The van der Waals surface area contributed by atoms with Gasteiger partial charge in [0, 0.05) is 0 Å². The Labute approximate surface area is 93.9 Å². The molecule has 1 heterocycles. The predicted molar refractivity (Wildman–Crippen MR) is 69.4 cm³/mol. The van der Waals surface area contributed by atoms with Crippen LogP contribution in [0.3, 0.4) is 0 Å². The standard InChI is InChI=1S/C8H15BN.3CH3.Sn/c1-8(2,3)10-7-5-6-9(10)4;;;;/h5-7H,1-4H3;3*1H3;. The van der Waals surface area contributed by atoms with Crippen LogP contribution in [0.5, 0.6) is 0 Å². The molecule has 0 aromatic heterocycles. The molecule has 80 valence electrons. The summed E-state index contributed by atoms with van der Waals surface area (Å²) in [6.45, 7) is 10.0. The van der Waals surface area contributed by atoms with Gasteiger partial charge in [0.05, 0.1) is 0 Å². The van der Waals surface area contributed by atoms with Crippen LogP contribution in [0.4, 0.5) is 0 Å². The van der Waals surface area contributed by atoms with E-state index in [4.69, 9.17) is 0 Å². The molecule has 0 fully saturated rings. The molecule has 14 heavy (non-hydrogen) atoms. The molecule has 0 radical (unpaired) electrons. The van der Waals surface area contributed by atoms with Crippen LogP contribution >= 0.6 is 0 Å². The molecule has 0 aliphatic carbocycles. The molecule has 0 saturated carbocycles. The van der Waals surface area contributed by atoms with Crippen LogP contribution in [0.2, 0.25) is 25.5 Å². The van der Waals surface area contributed by atoms with Gasteiger partial charge in [-0.25, -0.2) is 0 Å². The van der Waals surface area contributed by atoms with Gasteiger partial charge in [-0.3, -0.25) is 0 Å². The van der Waals surface area contributed by atoms with Gasteiger partial charge in [-0.05, 0) is 0 Å². The van der Waals surface area contributed by atoms with Gasteiger partial charge in [0.15, 0.2) is 0 Å². The van der Waals surface area contributed by atoms with Crippen LogP contribution < -0.4 is 0 Å². The van der Waals surface area contributed by atoms with Crippen molar-refractivity contribution in [2.75, 3.05) is 0 Å². The van der Waals surface area contributed by atoms with Gasteiger partial charge in [-0.15, -0.1) is 0 Å². The van der Waals surface area contributed by atoms with E-state index in [2.05, 4.69) is 59.5 Å². The number of rotatable bonds is 1. The molecule has 0 aromatic carbocycles. The molecule has 1 nitrogen and oxygen atoms in total. The summed E-state index contributed by atoms with van der Waals surface area (Å²) in [4.78, 5) is 10.1. The Kier molecular flexibility index (Phi) is 3.35. The molecule has 0 spiro atoms. The molecule has 1 aliphatic heterocycles. The summed E-state index contributed by atoms with van der Waals surface area (Å²) in [5, 5.41) is 0. The third kappa shape index (κ3) is 2.50. The van der Waals surface area contributed by atoms with Gasteiger partial charge in [0.1, 0.15) is 0 Å². The number of hydrogen-bond donors (Lipinski definition) is 0. The van der Waals surface area contributed by atoms with Gasteiger partial charge < -0.3 is 0 Å². The van der Waals surface area contributed by atoms with Gasteiger partial charge >= 0.3 is 94.1 Å². The zero-order valence-electron chi connectivity index (χ0n) is 10.8. The average Bonchev–Trinajstić information content (AvgIpc) is 2.26. The van der Waals surface area contributed by atoms with Crippen molar-refractivity contribution in [3.8, 4) is 0 Å². The van der Waals surface area contributed by atoms with Crippen LogP contribution in [0, 0.1) is 0 Å². The summed E-state index contributed by atoms with van der Waals surface area (Å²) in [6, 6.07) is 0. The minimum atomic E-state index is -1.76. The first-order valence-corrected chi connectivity index (χ1v) is 15.8. The van der Waals surface area contributed by atoms with E-state index >= 15 is 0 Å². The molecule has 0 aromatic rings. The average molecular weight is 300 g/mol. The fourth-order valence-corrected chi connectivity index (χ4v) is 8.98. The Morgan fingerprint density at radius 3 is 1.93 bits per heavy atom. The molecule has 0 bridgehead atoms. The quantitative estimate of drug-likeness (QED) is 0.670. The van der Waals surface area contributed by atoms with Crippen LogP contribution in [0.25, 0.3) is 0 Å². The van der Waals surface area contributed by atoms with E-state index in [0.29, 0.717) is 6.85 Å². The van der Waals surface area contributed by atoms with Crippen molar-refractivity contribution >= 4 is 25.2 Å². The monoisotopic (exact) mass is 301 g/mol. The maximum atomic E-state index is 2.53. The number of allylic oxidation sites excluding steroid dienone is 1. The molecule has 0 saturated heterocycles. The Balaban J connectivity index is 2.81. The zero-order valence-corrected chi connectivity index (χ0v) is 13.6. The van der Waals surface area contributed by atoms with Gasteiger partial charge in [-0.2, -0.15) is 0 Å². The molecule has 1 rings (SSSR count). The summed E-state index contributed by atoms with van der Waals surface area (Å²) in [5.41, 5.74) is 0.280. The Hall–Kier alpha value is 0.404. The third-order valence-corrected chi connectivity index (χ3v) is 10.8. The predicted octanol–water partition coefficient (Wildman–Crippen LogP) is 3.48. The van der Waals surface area contributed by atoms with Gasteiger partial charge in [-0.1, -0.05) is 0 Å². The Bertz CT molecular complexity index is 213. The van der Waals surface area contributed by atoms with Crippen LogP contribution in [-0.2, 0) is 0 Å². The van der Waals surface area contributed by atoms with Gasteiger partial charge in [0.2, 0.25) is 0 Å². The first-order chi connectivity index (χ1) is 6.14. The first-order valence-electron chi connectivity index (χ1n) is 5.61. The van der Waals surface area contributed by atoms with Crippen molar-refractivity contribution in [2.24, 2.45) is 0 Å². The van der Waals surface area contributed by atoms with E-state index in [-0.39, 0.29) is 5.54 Å².